The van der Waals surface area contributed by atoms with Crippen LogP contribution in [-0.4, -0.2) is 12.1 Å². The molecule has 1 amide bonds. The van der Waals surface area contributed by atoms with Crippen LogP contribution < -0.4 is 5.32 Å². The number of benzene rings is 1. The largest absolute Gasteiger partial charge is 0.321 e. The zero-order valence-electron chi connectivity index (χ0n) is 7.93. The first-order valence-electron chi connectivity index (χ1n) is 4.17. The van der Waals surface area contributed by atoms with Gasteiger partial charge in [-0.25, -0.2) is 0 Å². The first-order valence-corrected chi connectivity index (χ1v) is 5.30. The third-order valence-electron chi connectivity index (χ3n) is 1.62. The first-order chi connectivity index (χ1) is 7.54. The number of amides is 1. The molecule has 16 heavy (non-hydrogen) atoms. The smallest absolute Gasteiger partial charge is 0.268 e. The van der Waals surface area contributed by atoms with Gasteiger partial charge in [-0.15, -0.1) is 0 Å². The van der Waals surface area contributed by atoms with Crippen molar-refractivity contribution in [3.8, 4) is 0 Å². The van der Waals surface area contributed by atoms with Crippen LogP contribution in [0.25, 0.3) is 0 Å². The third-order valence-corrected chi connectivity index (χ3v) is 2.62. The standard InChI is InChI=1S/C10H7Cl3N2O/c11-6-2-1-3-7(4-6)15-10(16)9(13)8(12)5-14/h1-5,14H,(H,15,16)/b9-8-,14-5?. The average Bonchev–Trinajstić information content (AvgIpc) is 2.27. The molecular weight excluding hydrogens is 270 g/mol. The van der Waals surface area contributed by atoms with E-state index in [1.54, 1.807) is 24.3 Å². The number of carbonyl (C=O) groups is 1. The fraction of sp³-hybridized carbons (Fsp3) is 0. The molecule has 0 saturated heterocycles. The normalized spacial score (nSPS) is 11.7. The van der Waals surface area contributed by atoms with Gasteiger partial charge < -0.3 is 10.7 Å². The summed E-state index contributed by atoms with van der Waals surface area (Å²) in [5.74, 6) is -0.586. The molecule has 3 nitrogen and oxygen atoms in total. The summed E-state index contributed by atoms with van der Waals surface area (Å²) in [5.41, 5.74) is 0.505. The second kappa shape index (κ2) is 5.89. The van der Waals surface area contributed by atoms with Gasteiger partial charge in [-0.2, -0.15) is 0 Å². The summed E-state index contributed by atoms with van der Waals surface area (Å²) in [6.07, 6.45) is 0.793. The molecule has 0 aliphatic carbocycles. The van der Waals surface area contributed by atoms with Gasteiger partial charge in [0.15, 0.2) is 0 Å². The van der Waals surface area contributed by atoms with Crippen LogP contribution in [0.4, 0.5) is 5.69 Å². The molecule has 0 aromatic heterocycles. The Hall–Kier alpha value is -1.03. The summed E-state index contributed by atoms with van der Waals surface area (Å²) in [7, 11) is 0. The number of nitrogens with one attached hydrogen (secondary N) is 2. The summed E-state index contributed by atoms with van der Waals surface area (Å²) in [5, 5.41) is 9.48. The number of carbonyl (C=O) groups excluding carboxylic acids is 1. The molecule has 1 aromatic carbocycles. The Kier molecular flexibility index (Phi) is 4.80. The molecule has 0 spiro atoms. The summed E-state index contributed by atoms with van der Waals surface area (Å²) in [4.78, 5) is 11.5. The van der Waals surface area contributed by atoms with Crippen molar-refractivity contribution in [1.29, 1.82) is 5.41 Å². The Labute approximate surface area is 108 Å². The lowest BCUT2D eigenvalue weighted by Crippen LogP contribution is -2.12. The van der Waals surface area contributed by atoms with Crippen LogP contribution in [-0.2, 0) is 4.79 Å². The Morgan fingerprint density at radius 3 is 2.62 bits per heavy atom. The summed E-state index contributed by atoms with van der Waals surface area (Å²) >= 11 is 16.9. The lowest BCUT2D eigenvalue weighted by atomic mass is 10.3. The van der Waals surface area contributed by atoms with Crippen molar-refractivity contribution in [3.63, 3.8) is 0 Å². The van der Waals surface area contributed by atoms with Crippen LogP contribution in [0.1, 0.15) is 0 Å². The van der Waals surface area contributed by atoms with Gasteiger partial charge in [-0.1, -0.05) is 40.9 Å². The van der Waals surface area contributed by atoms with Crippen LogP contribution in [0, 0.1) is 5.41 Å². The molecule has 0 heterocycles. The molecule has 0 atom stereocenters. The number of halogens is 3. The minimum absolute atomic E-state index is 0.124. The number of hydrogen-bond donors (Lipinski definition) is 2. The van der Waals surface area contributed by atoms with Crippen LogP contribution in [0.15, 0.2) is 34.3 Å². The summed E-state index contributed by atoms with van der Waals surface area (Å²) in [6.45, 7) is 0. The number of rotatable bonds is 3. The SMILES string of the molecule is N=C/C(Cl)=C(/Cl)C(=O)Nc1cccc(Cl)c1. The highest BCUT2D eigenvalue weighted by molar-refractivity contribution is 6.53. The average molecular weight is 278 g/mol. The highest BCUT2D eigenvalue weighted by Gasteiger charge is 2.10. The Morgan fingerprint density at radius 1 is 1.38 bits per heavy atom. The van der Waals surface area contributed by atoms with Crippen molar-refractivity contribution in [1.82, 2.24) is 0 Å². The Morgan fingerprint density at radius 2 is 2.06 bits per heavy atom. The molecular formula is C10H7Cl3N2O. The topological polar surface area (TPSA) is 53.0 Å². The zero-order valence-corrected chi connectivity index (χ0v) is 10.2. The van der Waals surface area contributed by atoms with Gasteiger partial charge in [0.2, 0.25) is 0 Å². The first kappa shape index (κ1) is 13.0. The second-order valence-corrected chi connectivity index (χ2v) is 3.99. The monoisotopic (exact) mass is 276 g/mol. The third kappa shape index (κ3) is 3.52. The molecule has 1 rings (SSSR count). The zero-order chi connectivity index (χ0) is 12.1. The van der Waals surface area contributed by atoms with E-state index in [-0.39, 0.29) is 10.1 Å². The number of hydrogen-bond acceptors (Lipinski definition) is 2. The van der Waals surface area contributed by atoms with E-state index in [1.165, 1.54) is 0 Å². The van der Waals surface area contributed by atoms with Crippen LogP contribution >= 0.6 is 34.8 Å². The van der Waals surface area contributed by atoms with E-state index in [0.717, 1.165) is 6.21 Å². The summed E-state index contributed by atoms with van der Waals surface area (Å²) in [6, 6.07) is 6.60. The van der Waals surface area contributed by atoms with E-state index in [2.05, 4.69) is 5.32 Å². The minimum atomic E-state index is -0.586. The van der Waals surface area contributed by atoms with E-state index in [0.29, 0.717) is 10.7 Å². The quantitative estimate of drug-likeness (QED) is 0.643. The predicted octanol–water partition coefficient (Wildman–Crippen LogP) is 3.62. The molecule has 0 aliphatic heterocycles. The maximum atomic E-state index is 11.5. The molecule has 0 unspecified atom stereocenters. The molecule has 2 N–H and O–H groups in total. The van der Waals surface area contributed by atoms with Crippen molar-refractivity contribution < 1.29 is 4.79 Å². The Balaban J connectivity index is 2.83. The number of anilines is 1. The highest BCUT2D eigenvalue weighted by atomic mass is 35.5. The van der Waals surface area contributed by atoms with Crippen LogP contribution in [0.2, 0.25) is 5.02 Å². The van der Waals surface area contributed by atoms with Crippen molar-refractivity contribution in [2.45, 2.75) is 0 Å². The van der Waals surface area contributed by atoms with Crippen LogP contribution in [0.5, 0.6) is 0 Å². The molecule has 84 valence electrons. The summed E-state index contributed by atoms with van der Waals surface area (Å²) < 4.78 is 0. The van der Waals surface area contributed by atoms with Gasteiger partial charge in [-0.05, 0) is 18.2 Å². The maximum absolute atomic E-state index is 11.5. The molecule has 0 bridgehead atoms. The second-order valence-electron chi connectivity index (χ2n) is 2.77. The molecule has 0 saturated carbocycles. The highest BCUT2D eigenvalue weighted by Crippen LogP contribution is 2.18. The van der Waals surface area contributed by atoms with Crippen LogP contribution in [0.3, 0.4) is 0 Å². The predicted molar refractivity (Wildman–Crippen MR) is 67.6 cm³/mol. The van der Waals surface area contributed by atoms with Gasteiger partial charge in [-0.3, -0.25) is 4.79 Å². The van der Waals surface area contributed by atoms with Gasteiger partial charge in [0.25, 0.3) is 5.91 Å². The van der Waals surface area contributed by atoms with Gasteiger partial charge in [0.05, 0.1) is 5.03 Å². The van der Waals surface area contributed by atoms with E-state index in [1.807, 2.05) is 0 Å². The lowest BCUT2D eigenvalue weighted by molar-refractivity contribution is -0.112. The fourth-order valence-electron chi connectivity index (χ4n) is 0.924. The molecule has 0 fully saturated rings. The van der Waals surface area contributed by atoms with Crippen molar-refractivity contribution in [3.05, 3.63) is 39.4 Å². The van der Waals surface area contributed by atoms with Crippen molar-refractivity contribution >= 4 is 52.6 Å². The van der Waals surface area contributed by atoms with E-state index in [4.69, 9.17) is 40.2 Å². The van der Waals surface area contributed by atoms with E-state index >= 15 is 0 Å². The maximum Gasteiger partial charge on any atom is 0.268 e. The van der Waals surface area contributed by atoms with Crippen molar-refractivity contribution in [2.24, 2.45) is 0 Å². The van der Waals surface area contributed by atoms with E-state index < -0.39 is 5.91 Å². The molecule has 1 aromatic rings. The number of allylic oxidation sites excluding steroid dienone is 1. The molecule has 0 aliphatic rings. The molecule has 0 radical (unpaired) electrons. The molecule has 6 heteroatoms. The Bertz CT molecular complexity index is 457. The van der Waals surface area contributed by atoms with Gasteiger partial charge in [0.1, 0.15) is 5.03 Å². The van der Waals surface area contributed by atoms with Crippen molar-refractivity contribution in [2.75, 3.05) is 5.32 Å². The van der Waals surface area contributed by atoms with Gasteiger partial charge >= 0.3 is 0 Å². The lowest BCUT2D eigenvalue weighted by Gasteiger charge is -2.04. The fourth-order valence-corrected chi connectivity index (χ4v) is 1.30. The van der Waals surface area contributed by atoms with E-state index in [9.17, 15) is 4.79 Å². The van der Waals surface area contributed by atoms with Gasteiger partial charge in [0, 0.05) is 16.9 Å². The minimum Gasteiger partial charge on any atom is -0.321 e.